The first-order chi connectivity index (χ1) is 12.7. The van der Waals surface area contributed by atoms with E-state index < -0.39 is 5.92 Å². The van der Waals surface area contributed by atoms with Crippen LogP contribution < -0.4 is 16.2 Å². The van der Waals surface area contributed by atoms with E-state index >= 15 is 0 Å². The summed E-state index contributed by atoms with van der Waals surface area (Å²) in [5, 5.41) is 2.74. The Morgan fingerprint density at radius 1 is 0.923 bits per heavy atom. The maximum atomic E-state index is 12.8. The lowest BCUT2D eigenvalue weighted by molar-refractivity contribution is -0.126. The number of benzene rings is 2. The number of allylic oxidation sites excluding steroid dienone is 2. The van der Waals surface area contributed by atoms with Gasteiger partial charge in [-0.25, -0.2) is 0 Å². The third-order valence-corrected chi connectivity index (χ3v) is 4.35. The Bertz CT molecular complexity index is 733. The topological polar surface area (TPSA) is 70.2 Å². The van der Waals surface area contributed by atoms with Crippen LogP contribution in [0.1, 0.15) is 36.3 Å². The molecule has 2 amide bonds. The van der Waals surface area contributed by atoms with Crippen molar-refractivity contribution < 1.29 is 9.59 Å². The second kappa shape index (κ2) is 8.85. The van der Waals surface area contributed by atoms with Gasteiger partial charge in [0.1, 0.15) is 0 Å². The SMILES string of the molecule is O=C(CNC(=O)C(c1ccccc1)c1ccccc1)NNC1=CCCC1. The van der Waals surface area contributed by atoms with Crippen molar-refractivity contribution in [2.75, 3.05) is 6.54 Å². The van der Waals surface area contributed by atoms with Crippen molar-refractivity contribution >= 4 is 11.8 Å². The fourth-order valence-corrected chi connectivity index (χ4v) is 3.03. The summed E-state index contributed by atoms with van der Waals surface area (Å²) in [7, 11) is 0. The number of amides is 2. The van der Waals surface area contributed by atoms with Crippen LogP contribution in [0.4, 0.5) is 0 Å². The van der Waals surface area contributed by atoms with E-state index in [1.807, 2.05) is 60.7 Å². The summed E-state index contributed by atoms with van der Waals surface area (Å²) < 4.78 is 0. The van der Waals surface area contributed by atoms with E-state index in [4.69, 9.17) is 0 Å². The Balaban J connectivity index is 1.61. The minimum atomic E-state index is -0.448. The molecule has 0 unspecified atom stereocenters. The number of rotatable bonds is 7. The van der Waals surface area contributed by atoms with Gasteiger partial charge in [0.05, 0.1) is 12.5 Å². The quantitative estimate of drug-likeness (QED) is 0.673. The maximum absolute atomic E-state index is 12.8. The highest BCUT2D eigenvalue weighted by molar-refractivity contribution is 5.90. The van der Waals surface area contributed by atoms with Crippen LogP contribution in [0.25, 0.3) is 0 Å². The van der Waals surface area contributed by atoms with E-state index in [0.717, 1.165) is 36.1 Å². The van der Waals surface area contributed by atoms with Crippen LogP contribution in [-0.4, -0.2) is 18.4 Å². The van der Waals surface area contributed by atoms with E-state index in [1.165, 1.54) is 0 Å². The predicted octanol–water partition coefficient (Wildman–Crippen LogP) is 2.62. The fraction of sp³-hybridized carbons (Fsp3) is 0.238. The molecule has 1 aliphatic carbocycles. The largest absolute Gasteiger partial charge is 0.346 e. The molecule has 0 spiro atoms. The van der Waals surface area contributed by atoms with Gasteiger partial charge in [0.25, 0.3) is 5.91 Å². The molecule has 134 valence electrons. The van der Waals surface area contributed by atoms with Crippen molar-refractivity contribution in [1.29, 1.82) is 0 Å². The number of hydrogen-bond donors (Lipinski definition) is 3. The van der Waals surface area contributed by atoms with Gasteiger partial charge in [-0.3, -0.25) is 15.0 Å². The van der Waals surface area contributed by atoms with Crippen molar-refractivity contribution in [1.82, 2.24) is 16.2 Å². The van der Waals surface area contributed by atoms with E-state index in [2.05, 4.69) is 22.2 Å². The van der Waals surface area contributed by atoms with Gasteiger partial charge < -0.3 is 10.7 Å². The fourth-order valence-electron chi connectivity index (χ4n) is 3.03. The monoisotopic (exact) mass is 349 g/mol. The number of carbonyl (C=O) groups excluding carboxylic acids is 2. The molecule has 0 atom stereocenters. The molecule has 0 heterocycles. The second-order valence-electron chi connectivity index (χ2n) is 6.27. The molecule has 1 aliphatic rings. The van der Waals surface area contributed by atoms with Crippen molar-refractivity contribution in [2.24, 2.45) is 0 Å². The van der Waals surface area contributed by atoms with Gasteiger partial charge in [-0.15, -0.1) is 0 Å². The molecule has 0 fully saturated rings. The third-order valence-electron chi connectivity index (χ3n) is 4.35. The molecule has 5 heteroatoms. The van der Waals surface area contributed by atoms with Crippen LogP contribution in [-0.2, 0) is 9.59 Å². The normalized spacial score (nSPS) is 13.2. The zero-order chi connectivity index (χ0) is 18.2. The molecule has 3 N–H and O–H groups in total. The Labute approximate surface area is 153 Å². The summed E-state index contributed by atoms with van der Waals surface area (Å²) in [5.74, 6) is -0.917. The van der Waals surface area contributed by atoms with Crippen LogP contribution >= 0.6 is 0 Å². The highest BCUT2D eigenvalue weighted by atomic mass is 16.2. The lowest BCUT2D eigenvalue weighted by Gasteiger charge is -2.18. The predicted molar refractivity (Wildman–Crippen MR) is 101 cm³/mol. The molecule has 26 heavy (non-hydrogen) atoms. The molecule has 0 saturated carbocycles. The molecule has 0 saturated heterocycles. The summed E-state index contributed by atoms with van der Waals surface area (Å²) >= 11 is 0. The Morgan fingerprint density at radius 2 is 1.54 bits per heavy atom. The zero-order valence-corrected chi connectivity index (χ0v) is 14.6. The average Bonchev–Trinajstić information content (AvgIpc) is 3.20. The lowest BCUT2D eigenvalue weighted by atomic mass is 9.90. The zero-order valence-electron chi connectivity index (χ0n) is 14.6. The number of hydrogen-bond acceptors (Lipinski definition) is 3. The third kappa shape index (κ3) is 4.72. The Hall–Kier alpha value is -3.08. The van der Waals surface area contributed by atoms with Crippen LogP contribution in [0.3, 0.4) is 0 Å². The molecule has 3 rings (SSSR count). The number of hydrazine groups is 1. The molecular formula is C21H23N3O2. The summed E-state index contributed by atoms with van der Waals surface area (Å²) in [6.45, 7) is -0.0741. The smallest absolute Gasteiger partial charge is 0.257 e. The molecule has 0 aliphatic heterocycles. The van der Waals surface area contributed by atoms with Crippen LogP contribution in [0.5, 0.6) is 0 Å². The second-order valence-corrected chi connectivity index (χ2v) is 6.27. The van der Waals surface area contributed by atoms with E-state index in [-0.39, 0.29) is 18.4 Å². The standard InChI is InChI=1S/C21H23N3O2/c25-19(24-23-18-13-7-8-14-18)15-22-21(26)20(16-9-3-1-4-10-16)17-11-5-2-6-12-17/h1-6,9-13,20,23H,7-8,14-15H2,(H,22,26)(H,24,25). The van der Waals surface area contributed by atoms with Crippen LogP contribution in [0.15, 0.2) is 72.4 Å². The van der Waals surface area contributed by atoms with Crippen molar-refractivity contribution in [3.05, 3.63) is 83.6 Å². The van der Waals surface area contributed by atoms with Gasteiger partial charge in [-0.05, 0) is 30.4 Å². The summed E-state index contributed by atoms with van der Waals surface area (Å²) in [6.07, 6.45) is 5.14. The molecule has 5 nitrogen and oxygen atoms in total. The highest BCUT2D eigenvalue weighted by Crippen LogP contribution is 2.24. The molecular weight excluding hydrogens is 326 g/mol. The molecule has 0 bridgehead atoms. The van der Waals surface area contributed by atoms with Gasteiger partial charge in [0.15, 0.2) is 0 Å². The van der Waals surface area contributed by atoms with Crippen molar-refractivity contribution in [2.45, 2.75) is 25.2 Å². The van der Waals surface area contributed by atoms with Gasteiger partial charge in [0, 0.05) is 5.70 Å². The summed E-state index contributed by atoms with van der Waals surface area (Å²) in [6, 6.07) is 19.2. The van der Waals surface area contributed by atoms with Gasteiger partial charge in [-0.2, -0.15) is 0 Å². The van der Waals surface area contributed by atoms with Crippen LogP contribution in [0, 0.1) is 0 Å². The number of carbonyl (C=O) groups is 2. The highest BCUT2D eigenvalue weighted by Gasteiger charge is 2.22. The molecule has 2 aromatic rings. The maximum Gasteiger partial charge on any atom is 0.257 e. The molecule has 0 radical (unpaired) electrons. The Kier molecular flexibility index (Phi) is 6.04. The lowest BCUT2D eigenvalue weighted by Crippen LogP contribution is -2.44. The number of nitrogens with one attached hydrogen (secondary N) is 3. The first-order valence-corrected chi connectivity index (χ1v) is 8.85. The van der Waals surface area contributed by atoms with Gasteiger partial charge >= 0.3 is 0 Å². The first-order valence-electron chi connectivity index (χ1n) is 8.85. The summed E-state index contributed by atoms with van der Waals surface area (Å²) in [4.78, 5) is 24.8. The van der Waals surface area contributed by atoms with Crippen LogP contribution in [0.2, 0.25) is 0 Å². The molecule has 2 aromatic carbocycles. The van der Waals surface area contributed by atoms with E-state index in [0.29, 0.717) is 0 Å². The van der Waals surface area contributed by atoms with E-state index in [1.54, 1.807) is 0 Å². The minimum absolute atomic E-state index is 0.0741. The van der Waals surface area contributed by atoms with Gasteiger partial charge in [-0.1, -0.05) is 66.7 Å². The molecule has 0 aromatic heterocycles. The van der Waals surface area contributed by atoms with Gasteiger partial charge in [0.2, 0.25) is 5.91 Å². The summed E-state index contributed by atoms with van der Waals surface area (Å²) in [5.41, 5.74) is 8.35. The van der Waals surface area contributed by atoms with E-state index in [9.17, 15) is 9.59 Å². The first kappa shape index (κ1) is 17.7. The average molecular weight is 349 g/mol. The van der Waals surface area contributed by atoms with Crippen molar-refractivity contribution in [3.63, 3.8) is 0 Å². The van der Waals surface area contributed by atoms with Crippen molar-refractivity contribution in [3.8, 4) is 0 Å². The minimum Gasteiger partial charge on any atom is -0.346 e. The Morgan fingerprint density at radius 3 is 2.08 bits per heavy atom.